The fourth-order valence-electron chi connectivity index (χ4n) is 0. The highest BCUT2D eigenvalue weighted by Crippen LogP contribution is 2.08. The first kappa shape index (κ1) is 12.8. The second kappa shape index (κ2) is 5.91. The first-order valence-corrected chi connectivity index (χ1v) is 3.70. The molecule has 0 bridgehead atoms. The predicted octanol–water partition coefficient (Wildman–Crippen LogP) is 2.40. The summed E-state index contributed by atoms with van der Waals surface area (Å²) in [6, 6.07) is 2.10. The largest absolute Gasteiger partial charge is 0.303 e. The Bertz CT molecular complexity index is 137. The highest BCUT2D eigenvalue weighted by molar-refractivity contribution is 5.51. The predicted molar refractivity (Wildman–Crippen MR) is 46.0 cm³/mol. The number of hydrogen-bond donors (Lipinski definition) is 0. The minimum absolute atomic E-state index is 0.153. The van der Waals surface area contributed by atoms with Gasteiger partial charge in [0.2, 0.25) is 0 Å². The smallest absolute Gasteiger partial charge is 0.122 e. The summed E-state index contributed by atoms with van der Waals surface area (Å²) >= 11 is 0. The molecule has 2 heteroatoms. The Labute approximate surface area is 69.2 Å². The van der Waals surface area contributed by atoms with Crippen molar-refractivity contribution in [3.8, 4) is 6.07 Å². The van der Waals surface area contributed by atoms with Gasteiger partial charge in [0.15, 0.2) is 0 Å². The Morgan fingerprint density at radius 1 is 1.36 bits per heavy atom. The number of nitriles is 1. The second-order valence-electron chi connectivity index (χ2n) is 3.74. The molecule has 0 saturated carbocycles. The van der Waals surface area contributed by atoms with Gasteiger partial charge >= 0.3 is 0 Å². The van der Waals surface area contributed by atoms with Gasteiger partial charge in [0.05, 0.1) is 6.07 Å². The second-order valence-corrected chi connectivity index (χ2v) is 3.74. The molecule has 0 aliphatic heterocycles. The topological polar surface area (TPSA) is 40.9 Å². The quantitative estimate of drug-likeness (QED) is 0.545. The van der Waals surface area contributed by atoms with Crippen LogP contribution in [0, 0.1) is 22.7 Å². The Hall–Kier alpha value is -0.840. The molecule has 0 unspecified atom stereocenters. The van der Waals surface area contributed by atoms with Gasteiger partial charge in [-0.3, -0.25) is 0 Å². The van der Waals surface area contributed by atoms with Crippen LogP contribution in [0.4, 0.5) is 0 Å². The summed E-state index contributed by atoms with van der Waals surface area (Å²) in [7, 11) is 0. The molecule has 0 saturated heterocycles. The van der Waals surface area contributed by atoms with Gasteiger partial charge in [-0.15, -0.1) is 0 Å². The molecular weight excluding hydrogens is 138 g/mol. The van der Waals surface area contributed by atoms with Crippen LogP contribution in [-0.2, 0) is 4.79 Å². The molecule has 0 spiro atoms. The van der Waals surface area contributed by atoms with Gasteiger partial charge in [-0.25, -0.2) is 0 Å². The SMILES string of the molecule is CC(C)(C)C#N.CC(C)C=O. The molecule has 11 heavy (non-hydrogen) atoms. The first-order valence-electron chi connectivity index (χ1n) is 3.70. The van der Waals surface area contributed by atoms with Crippen molar-refractivity contribution in [3.63, 3.8) is 0 Å². The van der Waals surface area contributed by atoms with Crippen LogP contribution in [0.2, 0.25) is 0 Å². The number of carbonyl (C=O) groups is 1. The maximum atomic E-state index is 9.50. The lowest BCUT2D eigenvalue weighted by molar-refractivity contribution is -0.110. The Balaban J connectivity index is 0. The minimum atomic E-state index is -0.153. The third-order valence-electron chi connectivity index (χ3n) is 0.608. The van der Waals surface area contributed by atoms with Crippen LogP contribution in [0.3, 0.4) is 0 Å². The summed E-state index contributed by atoms with van der Waals surface area (Å²) < 4.78 is 0. The lowest BCUT2D eigenvalue weighted by Gasteiger charge is -2.01. The lowest BCUT2D eigenvalue weighted by atomic mass is 10.0. The maximum absolute atomic E-state index is 9.50. The molecule has 0 N–H and O–H groups in total. The van der Waals surface area contributed by atoms with E-state index in [1.807, 2.05) is 34.6 Å². The van der Waals surface area contributed by atoms with E-state index in [9.17, 15) is 4.79 Å². The summed E-state index contributed by atoms with van der Waals surface area (Å²) in [6.07, 6.45) is 0.917. The van der Waals surface area contributed by atoms with E-state index < -0.39 is 0 Å². The van der Waals surface area contributed by atoms with Crippen molar-refractivity contribution in [2.45, 2.75) is 34.6 Å². The van der Waals surface area contributed by atoms with Gasteiger partial charge in [-0.2, -0.15) is 5.26 Å². The summed E-state index contributed by atoms with van der Waals surface area (Å²) in [5.41, 5.74) is -0.153. The summed E-state index contributed by atoms with van der Waals surface area (Å²) in [4.78, 5) is 9.50. The van der Waals surface area contributed by atoms with Crippen molar-refractivity contribution in [2.24, 2.45) is 11.3 Å². The van der Waals surface area contributed by atoms with Crippen molar-refractivity contribution < 1.29 is 4.79 Å². The zero-order valence-corrected chi connectivity index (χ0v) is 8.01. The zero-order chi connectivity index (χ0) is 9.49. The number of carbonyl (C=O) groups excluding carboxylic acids is 1. The van der Waals surface area contributed by atoms with E-state index in [2.05, 4.69) is 6.07 Å². The normalized spacial score (nSPS) is 9.55. The lowest BCUT2D eigenvalue weighted by Crippen LogP contribution is -1.97. The Morgan fingerprint density at radius 2 is 1.55 bits per heavy atom. The summed E-state index contributed by atoms with van der Waals surface area (Å²) in [6.45, 7) is 9.35. The van der Waals surface area contributed by atoms with Gasteiger partial charge in [-0.1, -0.05) is 13.8 Å². The molecular formula is C9H17NO. The van der Waals surface area contributed by atoms with E-state index in [1.165, 1.54) is 0 Å². The van der Waals surface area contributed by atoms with Crippen molar-refractivity contribution in [1.82, 2.24) is 0 Å². The van der Waals surface area contributed by atoms with Crippen LogP contribution in [0.25, 0.3) is 0 Å². The van der Waals surface area contributed by atoms with E-state index in [0.29, 0.717) is 0 Å². The number of rotatable bonds is 1. The van der Waals surface area contributed by atoms with Crippen molar-refractivity contribution in [3.05, 3.63) is 0 Å². The molecule has 2 nitrogen and oxygen atoms in total. The van der Waals surface area contributed by atoms with Gasteiger partial charge in [0.25, 0.3) is 0 Å². The van der Waals surface area contributed by atoms with E-state index in [-0.39, 0.29) is 11.3 Å². The molecule has 0 aromatic rings. The third kappa shape index (κ3) is 27.1. The average molecular weight is 155 g/mol. The van der Waals surface area contributed by atoms with Gasteiger partial charge in [0.1, 0.15) is 6.29 Å². The molecule has 0 heterocycles. The molecule has 0 amide bonds. The summed E-state index contributed by atoms with van der Waals surface area (Å²) in [5, 5.41) is 8.15. The fraction of sp³-hybridized carbons (Fsp3) is 0.778. The van der Waals surface area contributed by atoms with Gasteiger partial charge in [-0.05, 0) is 20.8 Å². The number of aldehydes is 1. The Kier molecular flexibility index (Phi) is 6.88. The molecule has 0 aliphatic carbocycles. The van der Waals surface area contributed by atoms with Crippen LogP contribution in [0.5, 0.6) is 0 Å². The first-order chi connectivity index (χ1) is 4.83. The van der Waals surface area contributed by atoms with Crippen LogP contribution in [0.15, 0.2) is 0 Å². The number of hydrogen-bond acceptors (Lipinski definition) is 2. The zero-order valence-electron chi connectivity index (χ0n) is 8.01. The molecule has 64 valence electrons. The molecule has 0 radical (unpaired) electrons. The maximum Gasteiger partial charge on any atom is 0.122 e. The van der Waals surface area contributed by atoms with Crippen molar-refractivity contribution in [1.29, 1.82) is 5.26 Å². The van der Waals surface area contributed by atoms with Gasteiger partial charge < -0.3 is 4.79 Å². The molecule has 0 fully saturated rings. The van der Waals surface area contributed by atoms with Crippen LogP contribution in [0.1, 0.15) is 34.6 Å². The van der Waals surface area contributed by atoms with E-state index in [4.69, 9.17) is 5.26 Å². The molecule has 0 aromatic carbocycles. The average Bonchev–Trinajstić information content (AvgIpc) is 1.88. The minimum Gasteiger partial charge on any atom is -0.303 e. The standard InChI is InChI=1S/C5H9N.C4H8O/c1-5(2,3)4-6;1-4(2)3-5/h1-3H3;3-4H,1-2H3. The van der Waals surface area contributed by atoms with Crippen LogP contribution in [-0.4, -0.2) is 6.29 Å². The molecule has 0 aromatic heterocycles. The van der Waals surface area contributed by atoms with Crippen LogP contribution < -0.4 is 0 Å². The van der Waals surface area contributed by atoms with Crippen molar-refractivity contribution in [2.75, 3.05) is 0 Å². The van der Waals surface area contributed by atoms with Gasteiger partial charge in [0, 0.05) is 11.3 Å². The summed E-state index contributed by atoms with van der Waals surface area (Å²) in [5.74, 6) is 0.204. The van der Waals surface area contributed by atoms with E-state index in [1.54, 1.807) is 0 Å². The van der Waals surface area contributed by atoms with Crippen LogP contribution >= 0.6 is 0 Å². The molecule has 0 rings (SSSR count). The van der Waals surface area contributed by atoms with E-state index in [0.717, 1.165) is 6.29 Å². The molecule has 0 atom stereocenters. The third-order valence-corrected chi connectivity index (χ3v) is 0.608. The monoisotopic (exact) mass is 155 g/mol. The fourth-order valence-corrected chi connectivity index (χ4v) is 0. The van der Waals surface area contributed by atoms with Crippen molar-refractivity contribution >= 4 is 6.29 Å². The highest BCUT2D eigenvalue weighted by atomic mass is 16.1. The molecule has 0 aliphatic rings. The highest BCUT2D eigenvalue weighted by Gasteiger charge is 2.04. The number of nitrogens with zero attached hydrogens (tertiary/aromatic N) is 1. The van der Waals surface area contributed by atoms with E-state index >= 15 is 0 Å². The Morgan fingerprint density at radius 3 is 1.55 bits per heavy atom.